The predicted octanol–water partition coefficient (Wildman–Crippen LogP) is 4.76. The van der Waals surface area contributed by atoms with Gasteiger partial charge in [0.05, 0.1) is 11.1 Å². The molecular weight excluding hydrogens is 411 g/mol. The quantitative estimate of drug-likeness (QED) is 0.622. The summed E-state index contributed by atoms with van der Waals surface area (Å²) in [6.45, 7) is 0. The van der Waals surface area contributed by atoms with Gasteiger partial charge in [-0.3, -0.25) is 9.53 Å². The molecule has 0 saturated carbocycles. The number of halogens is 5. The zero-order chi connectivity index (χ0) is 21.3. The number of alkyl halides is 5. The molecule has 0 bridgehead atoms. The summed E-state index contributed by atoms with van der Waals surface area (Å²) in [5.41, 5.74) is -1.23. The molecule has 9 heteroatoms. The highest BCUT2D eigenvalue weighted by Crippen LogP contribution is 2.56. The normalized spacial score (nSPS) is 26.9. The lowest BCUT2D eigenvalue weighted by atomic mass is 9.82. The summed E-state index contributed by atoms with van der Waals surface area (Å²) >= 11 is 0. The molecule has 30 heavy (non-hydrogen) atoms. The summed E-state index contributed by atoms with van der Waals surface area (Å²) in [6.07, 6.45) is -6.97. The average molecular weight is 422 g/mol. The Morgan fingerprint density at radius 2 is 1.33 bits per heavy atom. The van der Waals surface area contributed by atoms with E-state index < -0.39 is 41.1 Å². The highest BCUT2D eigenvalue weighted by atomic mass is 19.4. The van der Waals surface area contributed by atoms with Gasteiger partial charge in [-0.25, -0.2) is 8.78 Å². The van der Waals surface area contributed by atoms with Crippen LogP contribution in [0.4, 0.5) is 22.0 Å². The van der Waals surface area contributed by atoms with E-state index in [0.29, 0.717) is 0 Å². The van der Waals surface area contributed by atoms with Gasteiger partial charge in [0.25, 0.3) is 0 Å². The molecule has 3 heterocycles. The summed E-state index contributed by atoms with van der Waals surface area (Å²) in [7, 11) is 0. The lowest BCUT2D eigenvalue weighted by molar-refractivity contribution is -0.401. The Kier molecular flexibility index (Phi) is 3.71. The standard InChI is InChI=1S/C21H11F5O4/c22-18(23)19-13(9-11-5-1-3-7-15(11)28-19)17(27)14-10-12-6-2-4-8-16(12)29-20(14,30-19)21(24,25)26/h1-10,18H/t19-,20+/m0/s1. The van der Waals surface area contributed by atoms with Crippen LogP contribution in [-0.2, 0) is 9.53 Å². The first-order valence-electron chi connectivity index (χ1n) is 8.78. The van der Waals surface area contributed by atoms with Crippen LogP contribution in [-0.4, -0.2) is 30.0 Å². The van der Waals surface area contributed by atoms with E-state index in [4.69, 9.17) is 14.2 Å². The Labute approximate surface area is 166 Å². The molecule has 2 aromatic carbocycles. The van der Waals surface area contributed by atoms with Crippen LogP contribution in [0.15, 0.2) is 59.7 Å². The van der Waals surface area contributed by atoms with Gasteiger partial charge in [-0.05, 0) is 24.3 Å². The molecule has 5 rings (SSSR count). The summed E-state index contributed by atoms with van der Waals surface area (Å²) in [6, 6.07) is 11.4. The lowest BCUT2D eigenvalue weighted by Gasteiger charge is -2.50. The number of para-hydroxylation sites is 2. The maximum atomic E-state index is 14.3. The summed E-state index contributed by atoms with van der Waals surface area (Å²) in [4.78, 5) is 13.2. The van der Waals surface area contributed by atoms with Crippen LogP contribution >= 0.6 is 0 Å². The minimum atomic E-state index is -5.37. The molecule has 0 radical (unpaired) electrons. The highest BCUT2D eigenvalue weighted by molar-refractivity contribution is 6.17. The van der Waals surface area contributed by atoms with Gasteiger partial charge in [-0.1, -0.05) is 36.4 Å². The Morgan fingerprint density at radius 3 is 1.90 bits per heavy atom. The molecule has 0 aliphatic carbocycles. The molecule has 2 atom stereocenters. The van der Waals surface area contributed by atoms with Gasteiger partial charge in [0, 0.05) is 11.1 Å². The smallest absolute Gasteiger partial charge is 0.451 e. The second kappa shape index (κ2) is 5.91. The third-order valence-corrected chi connectivity index (χ3v) is 5.13. The number of hydrogen-bond donors (Lipinski definition) is 0. The molecule has 154 valence electrons. The van der Waals surface area contributed by atoms with Crippen LogP contribution < -0.4 is 9.47 Å². The van der Waals surface area contributed by atoms with E-state index >= 15 is 0 Å². The van der Waals surface area contributed by atoms with Crippen molar-refractivity contribution in [1.29, 1.82) is 0 Å². The molecule has 1 fully saturated rings. The van der Waals surface area contributed by atoms with Crippen molar-refractivity contribution in [2.75, 3.05) is 0 Å². The van der Waals surface area contributed by atoms with Crippen LogP contribution in [0.5, 0.6) is 11.5 Å². The fourth-order valence-electron chi connectivity index (χ4n) is 3.74. The van der Waals surface area contributed by atoms with Crippen molar-refractivity contribution in [3.8, 4) is 11.5 Å². The van der Waals surface area contributed by atoms with Crippen molar-refractivity contribution >= 4 is 17.9 Å². The Bertz CT molecular complexity index is 1140. The van der Waals surface area contributed by atoms with E-state index in [1.807, 2.05) is 0 Å². The minimum Gasteiger partial charge on any atom is -0.451 e. The van der Waals surface area contributed by atoms with E-state index in [0.717, 1.165) is 12.2 Å². The molecule has 0 unspecified atom stereocenters. The van der Waals surface area contributed by atoms with Gasteiger partial charge in [-0.15, -0.1) is 0 Å². The summed E-state index contributed by atoms with van der Waals surface area (Å²) in [5, 5.41) is 0. The average Bonchev–Trinajstić information content (AvgIpc) is 2.70. The van der Waals surface area contributed by atoms with Crippen molar-refractivity contribution in [2.24, 2.45) is 0 Å². The SMILES string of the molecule is O=C1C2=Cc3ccccc3O[C@]2(C(F)F)O[C@]2(C(F)(F)F)Oc3ccccc3C=C12. The third kappa shape index (κ3) is 2.32. The molecular formula is C21H11F5O4. The number of rotatable bonds is 1. The maximum Gasteiger partial charge on any atom is 0.460 e. The van der Waals surface area contributed by atoms with Crippen molar-refractivity contribution in [3.63, 3.8) is 0 Å². The van der Waals surface area contributed by atoms with Gasteiger partial charge >= 0.3 is 24.2 Å². The topological polar surface area (TPSA) is 44.8 Å². The molecule has 4 nitrogen and oxygen atoms in total. The van der Waals surface area contributed by atoms with Crippen LogP contribution in [0.3, 0.4) is 0 Å². The number of benzene rings is 2. The molecule has 0 aromatic heterocycles. The Hall–Kier alpha value is -3.20. The van der Waals surface area contributed by atoms with E-state index in [9.17, 15) is 26.7 Å². The lowest BCUT2D eigenvalue weighted by Crippen LogP contribution is -2.69. The van der Waals surface area contributed by atoms with Crippen LogP contribution in [0, 0.1) is 0 Å². The molecule has 0 spiro atoms. The number of ketones is 1. The number of carbonyl (C=O) groups is 1. The van der Waals surface area contributed by atoms with Crippen molar-refractivity contribution in [3.05, 3.63) is 70.8 Å². The molecule has 0 N–H and O–H groups in total. The van der Waals surface area contributed by atoms with Crippen LogP contribution in [0.2, 0.25) is 0 Å². The van der Waals surface area contributed by atoms with Gasteiger partial charge in [-0.2, -0.15) is 13.2 Å². The number of Topliss-reactive ketones (excluding diaryl/α,β-unsaturated/α-hetero) is 1. The van der Waals surface area contributed by atoms with Gasteiger partial charge < -0.3 is 9.47 Å². The molecule has 3 aliphatic heterocycles. The second-order valence-electron chi connectivity index (χ2n) is 6.91. The van der Waals surface area contributed by atoms with Crippen molar-refractivity contribution < 1.29 is 41.0 Å². The molecule has 2 aromatic rings. The summed E-state index contributed by atoms with van der Waals surface area (Å²) < 4.78 is 86.6. The second-order valence-corrected chi connectivity index (χ2v) is 6.91. The third-order valence-electron chi connectivity index (χ3n) is 5.13. The first-order chi connectivity index (χ1) is 14.2. The fraction of sp³-hybridized carbons (Fsp3) is 0.190. The monoisotopic (exact) mass is 422 g/mol. The summed E-state index contributed by atoms with van der Waals surface area (Å²) in [5.74, 6) is -8.74. The van der Waals surface area contributed by atoms with E-state index in [1.165, 1.54) is 42.5 Å². The van der Waals surface area contributed by atoms with E-state index in [-0.39, 0.29) is 22.6 Å². The van der Waals surface area contributed by atoms with Gasteiger partial charge in [0.2, 0.25) is 0 Å². The van der Waals surface area contributed by atoms with Gasteiger partial charge in [0.15, 0.2) is 5.78 Å². The maximum absolute atomic E-state index is 14.3. The predicted molar refractivity (Wildman–Crippen MR) is 93.7 cm³/mol. The van der Waals surface area contributed by atoms with Crippen LogP contribution in [0.1, 0.15) is 11.1 Å². The molecule has 0 amide bonds. The van der Waals surface area contributed by atoms with Crippen molar-refractivity contribution in [2.45, 2.75) is 24.2 Å². The number of fused-ring (bicyclic) bond motifs is 4. The zero-order valence-corrected chi connectivity index (χ0v) is 14.9. The van der Waals surface area contributed by atoms with E-state index in [1.54, 1.807) is 6.07 Å². The zero-order valence-electron chi connectivity index (χ0n) is 14.9. The van der Waals surface area contributed by atoms with E-state index in [2.05, 4.69) is 0 Å². The Morgan fingerprint density at radius 1 is 0.800 bits per heavy atom. The first kappa shape index (κ1) is 18.8. The number of ether oxygens (including phenoxy) is 3. The number of hydrogen-bond acceptors (Lipinski definition) is 4. The molecule has 3 aliphatic rings. The largest absolute Gasteiger partial charge is 0.460 e. The van der Waals surface area contributed by atoms with Gasteiger partial charge in [0.1, 0.15) is 11.5 Å². The fourth-order valence-corrected chi connectivity index (χ4v) is 3.74. The highest BCUT2D eigenvalue weighted by Gasteiger charge is 2.74. The first-order valence-corrected chi connectivity index (χ1v) is 8.78. The van der Waals surface area contributed by atoms with Crippen LogP contribution in [0.25, 0.3) is 12.2 Å². The molecule has 1 saturated heterocycles. The number of carbonyl (C=O) groups excluding carboxylic acids is 1. The van der Waals surface area contributed by atoms with Crippen molar-refractivity contribution in [1.82, 2.24) is 0 Å². The Balaban J connectivity index is 1.79. The minimum absolute atomic E-state index is 0.143.